The summed E-state index contributed by atoms with van der Waals surface area (Å²) in [6.07, 6.45) is 0. The van der Waals surface area contributed by atoms with Crippen molar-refractivity contribution in [1.82, 2.24) is 5.43 Å². The van der Waals surface area contributed by atoms with Crippen LogP contribution >= 0.6 is 27.3 Å². The maximum atomic E-state index is 5.26. The van der Waals surface area contributed by atoms with Gasteiger partial charge in [-0.2, -0.15) is 0 Å². The summed E-state index contributed by atoms with van der Waals surface area (Å²) >= 11 is 5.21. The fraction of sp³-hybridized carbons (Fsp3) is 0.111. The molecule has 2 aromatic rings. The number of nitrogens with two attached hydrogens (primary N) is 1. The number of halogens is 1. The van der Waals surface area contributed by atoms with Crippen LogP contribution in [0, 0.1) is 0 Å². The third-order valence-corrected chi connectivity index (χ3v) is 3.41. The van der Waals surface area contributed by atoms with E-state index in [0.717, 1.165) is 11.0 Å². The van der Waals surface area contributed by atoms with Crippen LogP contribution in [-0.4, -0.2) is 0 Å². The molecule has 0 radical (unpaired) electrons. The predicted molar refractivity (Wildman–Crippen MR) is 60.6 cm³/mol. The van der Waals surface area contributed by atoms with Crippen molar-refractivity contribution in [3.63, 3.8) is 0 Å². The first-order valence-corrected chi connectivity index (χ1v) is 5.52. The summed E-state index contributed by atoms with van der Waals surface area (Å²) in [5.74, 6) is 5.26. The molecule has 0 fully saturated rings. The van der Waals surface area contributed by atoms with E-state index < -0.39 is 0 Å². The van der Waals surface area contributed by atoms with Gasteiger partial charge >= 0.3 is 0 Å². The van der Waals surface area contributed by atoms with Gasteiger partial charge in [0.2, 0.25) is 0 Å². The Morgan fingerprint density at radius 2 is 2.23 bits per heavy atom. The van der Waals surface area contributed by atoms with Gasteiger partial charge in [-0.05, 0) is 29.7 Å². The molecule has 68 valence electrons. The van der Waals surface area contributed by atoms with Crippen LogP contribution in [0.3, 0.4) is 0 Å². The smallest absolute Gasteiger partial charge is 0.0443 e. The maximum absolute atomic E-state index is 5.26. The van der Waals surface area contributed by atoms with Gasteiger partial charge in [0.1, 0.15) is 0 Å². The average molecular weight is 257 g/mol. The zero-order valence-corrected chi connectivity index (χ0v) is 9.28. The van der Waals surface area contributed by atoms with Crippen molar-refractivity contribution in [3.05, 3.63) is 33.6 Å². The number of fused-ring (bicyclic) bond motifs is 1. The Bertz CT molecular complexity index is 424. The van der Waals surface area contributed by atoms with E-state index in [1.54, 1.807) is 11.3 Å². The molecule has 4 heteroatoms. The zero-order chi connectivity index (χ0) is 9.26. The number of rotatable bonds is 2. The zero-order valence-electron chi connectivity index (χ0n) is 6.88. The van der Waals surface area contributed by atoms with Gasteiger partial charge in [-0.1, -0.05) is 15.9 Å². The first-order valence-electron chi connectivity index (χ1n) is 3.91. The molecular weight excluding hydrogens is 248 g/mol. The van der Waals surface area contributed by atoms with Crippen molar-refractivity contribution < 1.29 is 0 Å². The van der Waals surface area contributed by atoms with Gasteiger partial charge in [-0.15, -0.1) is 11.3 Å². The monoisotopic (exact) mass is 256 g/mol. The topological polar surface area (TPSA) is 38.0 Å². The molecular formula is C9H9BrN2S. The minimum Gasteiger partial charge on any atom is -0.271 e. The SMILES string of the molecule is NNCc1cc2cc(Br)ccc2s1. The lowest BCUT2D eigenvalue weighted by Crippen LogP contribution is -2.19. The van der Waals surface area contributed by atoms with Gasteiger partial charge in [-0.25, -0.2) is 0 Å². The lowest BCUT2D eigenvalue weighted by atomic mass is 10.2. The fourth-order valence-electron chi connectivity index (χ4n) is 1.26. The molecule has 0 amide bonds. The summed E-state index contributed by atoms with van der Waals surface area (Å²) in [6, 6.07) is 8.44. The number of hydrogen-bond donors (Lipinski definition) is 2. The van der Waals surface area contributed by atoms with E-state index in [-0.39, 0.29) is 0 Å². The van der Waals surface area contributed by atoms with Gasteiger partial charge in [0.25, 0.3) is 0 Å². The van der Waals surface area contributed by atoms with E-state index in [4.69, 9.17) is 5.84 Å². The predicted octanol–water partition coefficient (Wildman–Crippen LogP) is 2.63. The highest BCUT2D eigenvalue weighted by atomic mass is 79.9. The van der Waals surface area contributed by atoms with Crippen molar-refractivity contribution >= 4 is 37.4 Å². The van der Waals surface area contributed by atoms with Crippen molar-refractivity contribution in [1.29, 1.82) is 0 Å². The van der Waals surface area contributed by atoms with Crippen LogP contribution in [-0.2, 0) is 6.54 Å². The Balaban J connectivity index is 2.49. The molecule has 1 aromatic heterocycles. The Morgan fingerprint density at radius 3 is 3.00 bits per heavy atom. The van der Waals surface area contributed by atoms with Crippen LogP contribution in [0.4, 0.5) is 0 Å². The van der Waals surface area contributed by atoms with Gasteiger partial charge in [0, 0.05) is 20.6 Å². The Labute approximate surface area is 88.8 Å². The molecule has 3 N–H and O–H groups in total. The van der Waals surface area contributed by atoms with E-state index in [1.807, 2.05) is 0 Å². The molecule has 0 aliphatic heterocycles. The molecule has 2 nitrogen and oxygen atoms in total. The molecule has 0 spiro atoms. The molecule has 0 aliphatic rings. The van der Waals surface area contributed by atoms with E-state index >= 15 is 0 Å². The molecule has 1 heterocycles. The third kappa shape index (κ3) is 1.91. The van der Waals surface area contributed by atoms with E-state index in [2.05, 4.69) is 45.6 Å². The lowest BCUT2D eigenvalue weighted by molar-refractivity contribution is 0.751. The Kier molecular flexibility index (Phi) is 2.64. The van der Waals surface area contributed by atoms with E-state index in [9.17, 15) is 0 Å². The number of nitrogens with one attached hydrogen (secondary N) is 1. The second-order valence-corrected chi connectivity index (χ2v) is 4.86. The van der Waals surface area contributed by atoms with Crippen LogP contribution in [0.2, 0.25) is 0 Å². The van der Waals surface area contributed by atoms with Gasteiger partial charge < -0.3 is 0 Å². The fourth-order valence-corrected chi connectivity index (χ4v) is 2.63. The molecule has 0 atom stereocenters. The standard InChI is InChI=1S/C9H9BrN2S/c10-7-1-2-9-6(3-7)4-8(13-9)5-12-11/h1-4,12H,5,11H2. The normalized spacial score (nSPS) is 10.9. The molecule has 0 saturated carbocycles. The van der Waals surface area contributed by atoms with Crippen LogP contribution in [0.5, 0.6) is 0 Å². The number of hydrazine groups is 1. The third-order valence-electron chi connectivity index (χ3n) is 1.81. The van der Waals surface area contributed by atoms with E-state index in [0.29, 0.717) is 0 Å². The second kappa shape index (κ2) is 3.75. The highest BCUT2D eigenvalue weighted by Gasteiger charge is 2.00. The molecule has 0 aliphatic carbocycles. The van der Waals surface area contributed by atoms with Crippen molar-refractivity contribution in [2.24, 2.45) is 5.84 Å². The number of hydrogen-bond acceptors (Lipinski definition) is 3. The second-order valence-electron chi connectivity index (χ2n) is 2.78. The van der Waals surface area contributed by atoms with Crippen LogP contribution in [0.15, 0.2) is 28.7 Å². The number of benzene rings is 1. The summed E-state index contributed by atoms with van der Waals surface area (Å²) in [6.45, 7) is 0.733. The molecule has 0 unspecified atom stereocenters. The summed E-state index contributed by atoms with van der Waals surface area (Å²) in [5, 5.41) is 1.27. The molecule has 2 rings (SSSR count). The van der Waals surface area contributed by atoms with Crippen molar-refractivity contribution in [3.8, 4) is 0 Å². The summed E-state index contributed by atoms with van der Waals surface area (Å²) < 4.78 is 2.42. The number of thiophene rings is 1. The highest BCUT2D eigenvalue weighted by molar-refractivity contribution is 9.10. The molecule has 1 aromatic carbocycles. The summed E-state index contributed by atoms with van der Waals surface area (Å²) in [5.41, 5.74) is 2.66. The Hall–Kier alpha value is -0.420. The van der Waals surface area contributed by atoms with Gasteiger partial charge in [0.15, 0.2) is 0 Å². The summed E-state index contributed by atoms with van der Waals surface area (Å²) in [4.78, 5) is 1.26. The minimum absolute atomic E-state index is 0.733. The average Bonchev–Trinajstić information content (AvgIpc) is 2.46. The minimum atomic E-state index is 0.733. The molecule has 0 saturated heterocycles. The van der Waals surface area contributed by atoms with Crippen LogP contribution < -0.4 is 11.3 Å². The van der Waals surface area contributed by atoms with Crippen molar-refractivity contribution in [2.45, 2.75) is 6.54 Å². The lowest BCUT2D eigenvalue weighted by Gasteiger charge is -1.89. The first-order chi connectivity index (χ1) is 6.29. The van der Waals surface area contributed by atoms with Crippen molar-refractivity contribution in [2.75, 3.05) is 0 Å². The van der Waals surface area contributed by atoms with E-state index in [1.165, 1.54) is 15.0 Å². The van der Waals surface area contributed by atoms with Gasteiger partial charge in [0.05, 0.1) is 0 Å². The van der Waals surface area contributed by atoms with Crippen LogP contribution in [0.1, 0.15) is 4.88 Å². The highest BCUT2D eigenvalue weighted by Crippen LogP contribution is 2.27. The maximum Gasteiger partial charge on any atom is 0.0443 e. The molecule has 0 bridgehead atoms. The largest absolute Gasteiger partial charge is 0.271 e. The molecule has 13 heavy (non-hydrogen) atoms. The first kappa shape index (κ1) is 9.15. The quantitative estimate of drug-likeness (QED) is 0.641. The Morgan fingerprint density at radius 1 is 1.38 bits per heavy atom. The summed E-state index contributed by atoms with van der Waals surface area (Å²) in [7, 11) is 0. The van der Waals surface area contributed by atoms with Gasteiger partial charge in [-0.3, -0.25) is 11.3 Å². The van der Waals surface area contributed by atoms with Crippen LogP contribution in [0.25, 0.3) is 10.1 Å².